The minimum absolute atomic E-state index is 0.0683. The lowest BCUT2D eigenvalue weighted by Crippen LogP contribution is -2.11. The molecule has 0 aliphatic heterocycles. The van der Waals surface area contributed by atoms with Crippen molar-refractivity contribution in [1.29, 1.82) is 5.26 Å². The topological polar surface area (TPSA) is 82.4 Å². The van der Waals surface area contributed by atoms with Crippen molar-refractivity contribution in [3.63, 3.8) is 0 Å². The molecular weight excluding hydrogens is 518 g/mol. The Morgan fingerprint density at radius 3 is 2.24 bits per heavy atom. The number of nitrogens with zero attached hydrogens (tertiary/aromatic N) is 3. The van der Waals surface area contributed by atoms with Crippen LogP contribution < -0.4 is 0 Å². The van der Waals surface area contributed by atoms with Crippen LogP contribution >= 0.6 is 0 Å². The number of fused-ring (bicyclic) bond motifs is 1. The monoisotopic (exact) mass is 547 g/mol. The van der Waals surface area contributed by atoms with E-state index in [-0.39, 0.29) is 11.2 Å². The third-order valence-corrected chi connectivity index (χ3v) is 7.30. The van der Waals surface area contributed by atoms with Gasteiger partial charge in [0.05, 0.1) is 22.9 Å². The van der Waals surface area contributed by atoms with Gasteiger partial charge in [-0.2, -0.15) is 5.26 Å². The van der Waals surface area contributed by atoms with E-state index < -0.39 is 0 Å². The number of oxazole rings is 1. The lowest BCUT2D eigenvalue weighted by atomic mass is 9.85. The van der Waals surface area contributed by atoms with Crippen LogP contribution in [-0.2, 0) is 5.41 Å². The summed E-state index contributed by atoms with van der Waals surface area (Å²) in [4.78, 5) is 9.73. The molecule has 0 amide bonds. The van der Waals surface area contributed by atoms with Gasteiger partial charge in [0.2, 0.25) is 5.89 Å². The molecule has 0 spiro atoms. The normalized spacial score (nSPS) is 11.7. The van der Waals surface area contributed by atoms with Gasteiger partial charge in [0.1, 0.15) is 11.3 Å². The van der Waals surface area contributed by atoms with Gasteiger partial charge in [-0.1, -0.05) is 81.4 Å². The standard InChI is InChI=1S/C37H29N3O2/c1-37(2,3)29-20-31(26-9-5-4-6-10-26)35-34(21-29)42-36(40-35)30-11-7-8-12-32(30)39-23-28-19-27(17-18-33(28)41)25-15-13-24(22-38)14-16-25/h4-21,23,41H,1-3H3. The fourth-order valence-corrected chi connectivity index (χ4v) is 4.90. The third kappa shape index (κ3) is 5.31. The van der Waals surface area contributed by atoms with E-state index >= 15 is 0 Å². The number of benzene rings is 5. The van der Waals surface area contributed by atoms with Crippen LogP contribution in [0.25, 0.3) is 44.8 Å². The smallest absolute Gasteiger partial charge is 0.229 e. The van der Waals surface area contributed by atoms with Gasteiger partial charge in [-0.15, -0.1) is 0 Å². The van der Waals surface area contributed by atoms with Crippen LogP contribution in [0, 0.1) is 11.3 Å². The number of aliphatic imine (C=N–C) groups is 1. The van der Waals surface area contributed by atoms with E-state index in [0.29, 0.717) is 22.7 Å². The second-order valence-corrected chi connectivity index (χ2v) is 11.2. The lowest BCUT2D eigenvalue weighted by molar-refractivity contribution is 0.474. The fraction of sp³-hybridized carbons (Fsp3) is 0.108. The molecule has 6 aromatic rings. The van der Waals surface area contributed by atoms with Crippen molar-refractivity contribution in [3.05, 3.63) is 126 Å². The first kappa shape index (κ1) is 26.7. The maximum atomic E-state index is 10.6. The SMILES string of the molecule is CC(C)(C)c1cc(-c2ccccc2)c2nc(-c3ccccc3N=Cc3cc(-c4ccc(C#N)cc4)ccc3O)oc2c1. The molecule has 6 rings (SSSR count). The number of rotatable bonds is 5. The molecule has 0 aliphatic rings. The average Bonchev–Trinajstić information content (AvgIpc) is 3.45. The third-order valence-electron chi connectivity index (χ3n) is 7.30. The Morgan fingerprint density at radius 1 is 0.786 bits per heavy atom. The summed E-state index contributed by atoms with van der Waals surface area (Å²) in [5.74, 6) is 0.606. The Hall–Kier alpha value is -5.47. The van der Waals surface area contributed by atoms with Crippen LogP contribution in [0.5, 0.6) is 5.75 Å². The highest BCUT2D eigenvalue weighted by molar-refractivity contribution is 5.94. The maximum Gasteiger partial charge on any atom is 0.229 e. The number of aromatic nitrogens is 1. The van der Waals surface area contributed by atoms with Gasteiger partial charge in [-0.3, -0.25) is 4.99 Å². The zero-order valence-electron chi connectivity index (χ0n) is 23.7. The van der Waals surface area contributed by atoms with Gasteiger partial charge in [0, 0.05) is 17.3 Å². The molecule has 204 valence electrons. The summed E-state index contributed by atoms with van der Waals surface area (Å²) in [7, 11) is 0. The van der Waals surface area contributed by atoms with Crippen LogP contribution in [0.1, 0.15) is 37.5 Å². The second kappa shape index (κ2) is 10.8. The molecule has 5 nitrogen and oxygen atoms in total. The van der Waals surface area contributed by atoms with Crippen molar-refractivity contribution in [2.24, 2.45) is 4.99 Å². The first-order valence-corrected chi connectivity index (χ1v) is 13.8. The molecule has 5 aromatic carbocycles. The molecule has 0 radical (unpaired) electrons. The summed E-state index contributed by atoms with van der Waals surface area (Å²) in [6.45, 7) is 6.57. The van der Waals surface area contributed by atoms with Crippen LogP contribution in [0.4, 0.5) is 5.69 Å². The largest absolute Gasteiger partial charge is 0.507 e. The van der Waals surface area contributed by atoms with E-state index in [4.69, 9.17) is 19.7 Å². The molecule has 0 bridgehead atoms. The van der Waals surface area contributed by atoms with E-state index in [2.05, 4.69) is 51.1 Å². The molecule has 42 heavy (non-hydrogen) atoms. The van der Waals surface area contributed by atoms with Crippen LogP contribution in [0.2, 0.25) is 0 Å². The Bertz CT molecular complexity index is 1970. The number of nitriles is 1. The summed E-state index contributed by atoms with van der Waals surface area (Å²) in [6, 6.07) is 37.1. The predicted molar refractivity (Wildman–Crippen MR) is 169 cm³/mol. The molecule has 1 N–H and O–H groups in total. The van der Waals surface area contributed by atoms with Crippen molar-refractivity contribution in [1.82, 2.24) is 4.98 Å². The molecule has 1 heterocycles. The first-order chi connectivity index (χ1) is 20.3. The Balaban J connectivity index is 1.41. The highest BCUT2D eigenvalue weighted by Crippen LogP contribution is 2.38. The molecule has 0 aliphatic carbocycles. The molecule has 1 aromatic heterocycles. The van der Waals surface area contributed by atoms with Gasteiger partial charge in [0.25, 0.3) is 0 Å². The predicted octanol–water partition coefficient (Wildman–Crippen LogP) is 9.45. The number of aromatic hydroxyl groups is 1. The Kier molecular flexibility index (Phi) is 6.90. The van der Waals surface area contributed by atoms with Gasteiger partial charge < -0.3 is 9.52 Å². The first-order valence-electron chi connectivity index (χ1n) is 13.8. The van der Waals surface area contributed by atoms with Crippen LogP contribution in [0.15, 0.2) is 119 Å². The van der Waals surface area contributed by atoms with Gasteiger partial charge in [-0.05, 0) is 76.2 Å². The van der Waals surface area contributed by atoms with Gasteiger partial charge in [-0.25, -0.2) is 4.98 Å². The number of phenolic OH excluding ortho intramolecular Hbond substituents is 1. The molecule has 5 heteroatoms. The number of hydrogen-bond acceptors (Lipinski definition) is 5. The summed E-state index contributed by atoms with van der Waals surface area (Å²) in [5, 5.41) is 19.7. The van der Waals surface area contributed by atoms with Gasteiger partial charge >= 0.3 is 0 Å². The molecule has 0 saturated carbocycles. The van der Waals surface area contributed by atoms with Crippen LogP contribution in [0.3, 0.4) is 0 Å². The summed E-state index contributed by atoms with van der Waals surface area (Å²) in [6.07, 6.45) is 1.65. The molecular formula is C37H29N3O2. The molecule has 0 saturated heterocycles. The van der Waals surface area contributed by atoms with Crippen LogP contribution in [-0.4, -0.2) is 16.3 Å². The van der Waals surface area contributed by atoms with Crippen molar-refractivity contribution in [3.8, 4) is 45.5 Å². The molecule has 0 atom stereocenters. The number of phenols is 1. The minimum atomic E-state index is -0.0683. The number of para-hydroxylation sites is 1. The van der Waals surface area contributed by atoms with E-state index in [1.54, 1.807) is 24.4 Å². The minimum Gasteiger partial charge on any atom is -0.507 e. The summed E-state index contributed by atoms with van der Waals surface area (Å²) >= 11 is 0. The van der Waals surface area contributed by atoms with Crippen molar-refractivity contribution in [2.75, 3.05) is 0 Å². The average molecular weight is 548 g/mol. The molecule has 0 fully saturated rings. The fourth-order valence-electron chi connectivity index (χ4n) is 4.90. The second-order valence-electron chi connectivity index (χ2n) is 11.2. The van der Waals surface area contributed by atoms with Gasteiger partial charge in [0.15, 0.2) is 5.58 Å². The molecule has 0 unspecified atom stereocenters. The zero-order chi connectivity index (χ0) is 29.3. The van der Waals surface area contributed by atoms with Crippen molar-refractivity contribution in [2.45, 2.75) is 26.2 Å². The Morgan fingerprint density at radius 2 is 1.50 bits per heavy atom. The summed E-state index contributed by atoms with van der Waals surface area (Å²) < 4.78 is 6.41. The lowest BCUT2D eigenvalue weighted by Gasteiger charge is -2.20. The summed E-state index contributed by atoms with van der Waals surface area (Å²) in [5.41, 5.74) is 9.18. The van der Waals surface area contributed by atoms with Crippen molar-refractivity contribution >= 4 is 23.0 Å². The maximum absolute atomic E-state index is 10.6. The zero-order valence-corrected chi connectivity index (χ0v) is 23.7. The Labute approximate surface area is 245 Å². The highest BCUT2D eigenvalue weighted by atomic mass is 16.3. The van der Waals surface area contributed by atoms with E-state index in [9.17, 15) is 5.11 Å². The quantitative estimate of drug-likeness (QED) is 0.218. The number of hydrogen-bond donors (Lipinski definition) is 1. The van der Waals surface area contributed by atoms with E-state index in [1.807, 2.05) is 66.7 Å². The highest BCUT2D eigenvalue weighted by Gasteiger charge is 2.21. The van der Waals surface area contributed by atoms with E-state index in [1.165, 1.54) is 5.56 Å². The van der Waals surface area contributed by atoms with E-state index in [0.717, 1.165) is 38.9 Å². The van der Waals surface area contributed by atoms with Crippen molar-refractivity contribution < 1.29 is 9.52 Å².